The van der Waals surface area contributed by atoms with E-state index in [0.29, 0.717) is 40.7 Å². The molecule has 3 aromatic heterocycles. The molecule has 10 nitrogen and oxygen atoms in total. The van der Waals surface area contributed by atoms with Crippen LogP contribution in [-0.2, 0) is 0 Å². The summed E-state index contributed by atoms with van der Waals surface area (Å²) in [5.74, 6) is 2.13. The van der Waals surface area contributed by atoms with Crippen molar-refractivity contribution in [2.75, 3.05) is 36.8 Å². The molecular formula is C28H31N9O. The number of amides is 1. The fourth-order valence-corrected chi connectivity index (χ4v) is 4.32. The number of nitrogens with zero attached hydrogens (tertiary/aromatic N) is 7. The van der Waals surface area contributed by atoms with Gasteiger partial charge in [-0.3, -0.25) is 9.69 Å². The maximum atomic E-state index is 13.1. The Morgan fingerprint density at radius 1 is 0.842 bits per heavy atom. The van der Waals surface area contributed by atoms with Crippen molar-refractivity contribution in [3.63, 3.8) is 0 Å². The van der Waals surface area contributed by atoms with Gasteiger partial charge in [-0.05, 0) is 63.2 Å². The number of carbonyl (C=O) groups excluding carboxylic acids is 1. The lowest BCUT2D eigenvalue weighted by atomic mass is 10.1. The van der Waals surface area contributed by atoms with Crippen LogP contribution in [0, 0.1) is 6.92 Å². The van der Waals surface area contributed by atoms with Crippen molar-refractivity contribution < 1.29 is 4.79 Å². The second-order valence-corrected chi connectivity index (χ2v) is 9.45. The van der Waals surface area contributed by atoms with Crippen molar-refractivity contribution in [1.29, 1.82) is 0 Å². The predicted molar refractivity (Wildman–Crippen MR) is 148 cm³/mol. The molecule has 0 bridgehead atoms. The van der Waals surface area contributed by atoms with E-state index >= 15 is 0 Å². The fraction of sp³-hybridized carbons (Fsp3) is 0.286. The minimum Gasteiger partial charge on any atom is -0.336 e. The highest BCUT2D eigenvalue weighted by Gasteiger charge is 2.23. The van der Waals surface area contributed by atoms with Crippen molar-refractivity contribution >= 4 is 29.2 Å². The Balaban J connectivity index is 1.26. The van der Waals surface area contributed by atoms with Crippen molar-refractivity contribution in [1.82, 2.24) is 34.7 Å². The largest absolute Gasteiger partial charge is 0.336 e. The maximum absolute atomic E-state index is 13.1. The average molecular weight is 510 g/mol. The van der Waals surface area contributed by atoms with Gasteiger partial charge in [-0.25, -0.2) is 19.9 Å². The molecule has 4 heterocycles. The molecule has 38 heavy (non-hydrogen) atoms. The van der Waals surface area contributed by atoms with Gasteiger partial charge in [-0.2, -0.15) is 4.98 Å². The zero-order valence-corrected chi connectivity index (χ0v) is 21.8. The van der Waals surface area contributed by atoms with Crippen molar-refractivity contribution in [3.8, 4) is 11.5 Å². The molecule has 194 valence electrons. The monoisotopic (exact) mass is 509 g/mol. The number of piperazine rings is 1. The zero-order valence-electron chi connectivity index (χ0n) is 21.8. The third kappa shape index (κ3) is 6.09. The SMILES string of the molecule is Cc1cccc(-c2nccc(Nc3ccnc(Nc4cccc(C(=O)N5CCN(C(C)C)CC5)c4)n3)n2)n1. The van der Waals surface area contributed by atoms with Gasteiger partial charge in [0.15, 0.2) is 5.82 Å². The molecule has 2 N–H and O–H groups in total. The number of aromatic nitrogens is 5. The highest BCUT2D eigenvalue weighted by Crippen LogP contribution is 2.20. The minimum absolute atomic E-state index is 0.0380. The van der Waals surface area contributed by atoms with Crippen LogP contribution in [0.1, 0.15) is 29.9 Å². The van der Waals surface area contributed by atoms with E-state index in [1.165, 1.54) is 0 Å². The molecule has 0 unspecified atom stereocenters. The Morgan fingerprint density at radius 2 is 1.58 bits per heavy atom. The smallest absolute Gasteiger partial charge is 0.254 e. The maximum Gasteiger partial charge on any atom is 0.254 e. The molecule has 5 rings (SSSR count). The number of pyridine rings is 1. The van der Waals surface area contributed by atoms with Crippen molar-refractivity contribution in [3.05, 3.63) is 78.2 Å². The molecule has 1 amide bonds. The number of aryl methyl sites for hydroxylation is 1. The molecule has 1 fully saturated rings. The molecule has 1 saturated heterocycles. The molecule has 0 spiro atoms. The van der Waals surface area contributed by atoms with Gasteiger partial charge in [0.25, 0.3) is 5.91 Å². The van der Waals surface area contributed by atoms with Crippen LogP contribution in [0.5, 0.6) is 0 Å². The van der Waals surface area contributed by atoms with Crippen LogP contribution >= 0.6 is 0 Å². The predicted octanol–water partition coefficient (Wildman–Crippen LogP) is 4.29. The molecule has 0 radical (unpaired) electrons. The Bertz CT molecular complexity index is 1420. The van der Waals surface area contributed by atoms with Gasteiger partial charge in [0.05, 0.1) is 0 Å². The lowest BCUT2D eigenvalue weighted by Crippen LogP contribution is -2.50. The summed E-state index contributed by atoms with van der Waals surface area (Å²) >= 11 is 0. The van der Waals surface area contributed by atoms with Gasteiger partial charge in [-0.15, -0.1) is 0 Å². The summed E-state index contributed by atoms with van der Waals surface area (Å²) < 4.78 is 0. The highest BCUT2D eigenvalue weighted by atomic mass is 16.2. The summed E-state index contributed by atoms with van der Waals surface area (Å²) in [5, 5.41) is 6.41. The Kier molecular flexibility index (Phi) is 7.50. The molecule has 0 saturated carbocycles. The molecule has 0 atom stereocenters. The van der Waals surface area contributed by atoms with E-state index in [2.05, 4.69) is 54.3 Å². The summed E-state index contributed by atoms with van der Waals surface area (Å²) in [6.07, 6.45) is 3.34. The number of hydrogen-bond donors (Lipinski definition) is 2. The van der Waals surface area contributed by atoms with Gasteiger partial charge < -0.3 is 15.5 Å². The summed E-state index contributed by atoms with van der Waals surface area (Å²) in [7, 11) is 0. The third-order valence-corrected chi connectivity index (χ3v) is 6.38. The lowest BCUT2D eigenvalue weighted by molar-refractivity contribution is 0.0595. The number of anilines is 4. The summed E-state index contributed by atoms with van der Waals surface area (Å²) in [4.78, 5) is 39.7. The molecule has 4 aromatic rings. The molecule has 10 heteroatoms. The van der Waals surface area contributed by atoms with Gasteiger partial charge in [0, 0.05) is 61.6 Å². The first-order valence-electron chi connectivity index (χ1n) is 12.7. The number of carbonyl (C=O) groups is 1. The standard InChI is InChI=1S/C28H31N9O/c1-19(2)36-14-16-37(17-15-36)27(38)21-7-5-8-22(18-21)32-28-30-13-11-25(35-28)33-24-10-12-29-26(34-24)23-9-4-6-20(3)31-23/h4-13,18-19H,14-17H2,1-3H3,(H2,29,30,32,33,34,35). The molecule has 1 aromatic carbocycles. The van der Waals surface area contributed by atoms with E-state index in [1.807, 2.05) is 54.3 Å². The minimum atomic E-state index is 0.0380. The van der Waals surface area contributed by atoms with Gasteiger partial charge in [0.2, 0.25) is 5.95 Å². The van der Waals surface area contributed by atoms with Crippen molar-refractivity contribution in [2.45, 2.75) is 26.8 Å². The first-order valence-corrected chi connectivity index (χ1v) is 12.7. The number of nitrogens with one attached hydrogen (secondary N) is 2. The third-order valence-electron chi connectivity index (χ3n) is 6.38. The van der Waals surface area contributed by atoms with Gasteiger partial charge in [-0.1, -0.05) is 12.1 Å². The van der Waals surface area contributed by atoms with E-state index in [1.54, 1.807) is 24.5 Å². The second-order valence-electron chi connectivity index (χ2n) is 9.45. The number of rotatable bonds is 7. The summed E-state index contributed by atoms with van der Waals surface area (Å²) in [6.45, 7) is 9.56. The normalized spacial score (nSPS) is 13.9. The highest BCUT2D eigenvalue weighted by molar-refractivity contribution is 5.95. The van der Waals surface area contributed by atoms with Gasteiger partial charge in [0.1, 0.15) is 17.3 Å². The topological polar surface area (TPSA) is 112 Å². The van der Waals surface area contributed by atoms with E-state index < -0.39 is 0 Å². The van der Waals surface area contributed by atoms with Gasteiger partial charge >= 0.3 is 0 Å². The van der Waals surface area contributed by atoms with Crippen molar-refractivity contribution in [2.24, 2.45) is 0 Å². The Morgan fingerprint density at radius 3 is 2.34 bits per heavy atom. The van der Waals surface area contributed by atoms with Crippen LogP contribution in [0.3, 0.4) is 0 Å². The quantitative estimate of drug-likeness (QED) is 0.377. The molecular weight excluding hydrogens is 478 g/mol. The number of benzene rings is 1. The van der Waals surface area contributed by atoms with E-state index in [0.717, 1.165) is 37.6 Å². The first-order chi connectivity index (χ1) is 18.4. The van der Waals surface area contributed by atoms with Crippen LogP contribution < -0.4 is 10.6 Å². The molecule has 0 aliphatic carbocycles. The van der Waals surface area contributed by atoms with Crippen LogP contribution in [0.4, 0.5) is 23.3 Å². The second kappa shape index (κ2) is 11.3. The Hall–Kier alpha value is -4.44. The van der Waals surface area contributed by atoms with E-state index in [9.17, 15) is 4.79 Å². The zero-order chi connectivity index (χ0) is 26.5. The lowest BCUT2D eigenvalue weighted by Gasteiger charge is -2.37. The molecule has 1 aliphatic heterocycles. The first kappa shape index (κ1) is 25.2. The summed E-state index contributed by atoms with van der Waals surface area (Å²) in [6, 6.07) is 17.2. The fourth-order valence-electron chi connectivity index (χ4n) is 4.32. The van der Waals surface area contributed by atoms with E-state index in [4.69, 9.17) is 0 Å². The van der Waals surface area contributed by atoms with Crippen LogP contribution in [0.25, 0.3) is 11.5 Å². The van der Waals surface area contributed by atoms with Crippen LogP contribution in [0.2, 0.25) is 0 Å². The van der Waals surface area contributed by atoms with Crippen LogP contribution in [-0.4, -0.2) is 72.8 Å². The van der Waals surface area contributed by atoms with Crippen LogP contribution in [0.15, 0.2) is 67.0 Å². The average Bonchev–Trinajstić information content (AvgIpc) is 2.93. The number of hydrogen-bond acceptors (Lipinski definition) is 9. The molecule has 1 aliphatic rings. The summed E-state index contributed by atoms with van der Waals surface area (Å²) in [5.41, 5.74) is 2.98. The Labute approximate surface area is 222 Å². The van der Waals surface area contributed by atoms with E-state index in [-0.39, 0.29) is 5.91 Å².